The molecule has 3 rings (SSSR count). The molecule has 4 nitrogen and oxygen atoms in total. The summed E-state index contributed by atoms with van der Waals surface area (Å²) in [4.78, 5) is 16.8. The highest BCUT2D eigenvalue weighted by atomic mass is 16.7. The van der Waals surface area contributed by atoms with Crippen molar-refractivity contribution < 1.29 is 14.4 Å². The van der Waals surface area contributed by atoms with E-state index in [1.165, 1.54) is 0 Å². The molecule has 3 aliphatic heterocycles. The van der Waals surface area contributed by atoms with Crippen molar-refractivity contribution in [3.8, 4) is 0 Å². The average molecular weight is 169 g/mol. The lowest BCUT2D eigenvalue weighted by atomic mass is 9.96. The molecule has 0 bridgehead atoms. The molecule has 3 aliphatic rings. The van der Waals surface area contributed by atoms with Gasteiger partial charge in [0.2, 0.25) is 0 Å². The topological polar surface area (TPSA) is 38.8 Å². The van der Waals surface area contributed by atoms with Gasteiger partial charge in [-0.3, -0.25) is 9.63 Å². The Morgan fingerprint density at radius 3 is 3.33 bits per heavy atom. The van der Waals surface area contributed by atoms with Gasteiger partial charge < -0.3 is 4.74 Å². The molecule has 0 aromatic carbocycles. The van der Waals surface area contributed by atoms with Crippen molar-refractivity contribution in [2.75, 3.05) is 13.2 Å². The molecule has 3 saturated heterocycles. The third kappa shape index (κ3) is 0.716. The summed E-state index contributed by atoms with van der Waals surface area (Å²) >= 11 is 0. The quantitative estimate of drug-likeness (QED) is 0.476. The third-order valence-corrected chi connectivity index (χ3v) is 3.00. The van der Waals surface area contributed by atoms with Gasteiger partial charge in [0.1, 0.15) is 18.6 Å². The number of hydroxylamine groups is 2. The summed E-state index contributed by atoms with van der Waals surface area (Å²) in [5, 5.41) is 1.97. The second-order valence-corrected chi connectivity index (χ2v) is 3.65. The van der Waals surface area contributed by atoms with Crippen LogP contribution >= 0.6 is 0 Å². The predicted octanol–water partition coefficient (Wildman–Crippen LogP) is -0.0624. The first-order valence-electron chi connectivity index (χ1n) is 4.46. The Morgan fingerprint density at radius 2 is 2.42 bits per heavy atom. The van der Waals surface area contributed by atoms with Crippen molar-refractivity contribution in [2.24, 2.45) is 5.92 Å². The first kappa shape index (κ1) is 6.86. The van der Waals surface area contributed by atoms with E-state index in [0.29, 0.717) is 12.6 Å². The van der Waals surface area contributed by atoms with Crippen LogP contribution in [0.3, 0.4) is 0 Å². The minimum atomic E-state index is -0.0607. The molecule has 0 N–H and O–H groups in total. The first-order chi connectivity index (χ1) is 5.86. The largest absolute Gasteiger partial charge is 0.462 e. The standard InChI is InChI=1S/C8H11NO3/c10-8-7-5-2-1-3-9(5)12-6(7)4-11-8/h5-7H,1-4H2/t5-,6+,7+/m1/s1. The molecule has 4 heteroatoms. The summed E-state index contributed by atoms with van der Waals surface area (Å²) in [6.45, 7) is 1.43. The number of carbonyl (C=O) groups is 1. The molecule has 3 fully saturated rings. The Bertz CT molecular complexity index is 230. The van der Waals surface area contributed by atoms with Crippen LogP contribution in [-0.2, 0) is 14.4 Å². The Balaban J connectivity index is 1.90. The van der Waals surface area contributed by atoms with E-state index in [1.54, 1.807) is 0 Å². The molecule has 12 heavy (non-hydrogen) atoms. The van der Waals surface area contributed by atoms with E-state index in [1.807, 2.05) is 5.06 Å². The maximum absolute atomic E-state index is 11.3. The van der Waals surface area contributed by atoms with Gasteiger partial charge in [-0.2, -0.15) is 5.06 Å². The first-order valence-corrected chi connectivity index (χ1v) is 4.46. The van der Waals surface area contributed by atoms with Gasteiger partial charge in [0.25, 0.3) is 0 Å². The van der Waals surface area contributed by atoms with Crippen LogP contribution in [0.4, 0.5) is 0 Å². The fraction of sp³-hybridized carbons (Fsp3) is 0.875. The molecule has 0 amide bonds. The van der Waals surface area contributed by atoms with E-state index in [0.717, 1.165) is 19.4 Å². The minimum Gasteiger partial charge on any atom is -0.462 e. The zero-order chi connectivity index (χ0) is 8.13. The van der Waals surface area contributed by atoms with Gasteiger partial charge in [-0.05, 0) is 12.8 Å². The molecule has 3 heterocycles. The van der Waals surface area contributed by atoms with Crippen LogP contribution in [0.5, 0.6) is 0 Å². The van der Waals surface area contributed by atoms with Crippen molar-refractivity contribution in [2.45, 2.75) is 25.0 Å². The zero-order valence-corrected chi connectivity index (χ0v) is 6.73. The van der Waals surface area contributed by atoms with Gasteiger partial charge in [-0.1, -0.05) is 0 Å². The van der Waals surface area contributed by atoms with Crippen LogP contribution in [0.1, 0.15) is 12.8 Å². The Morgan fingerprint density at radius 1 is 1.50 bits per heavy atom. The van der Waals surface area contributed by atoms with Gasteiger partial charge in [-0.15, -0.1) is 0 Å². The lowest BCUT2D eigenvalue weighted by Crippen LogP contribution is -2.29. The van der Waals surface area contributed by atoms with Crippen molar-refractivity contribution in [1.29, 1.82) is 0 Å². The van der Waals surface area contributed by atoms with Crippen LogP contribution in [0.25, 0.3) is 0 Å². The maximum Gasteiger partial charge on any atom is 0.313 e. The number of hydrogen-bond donors (Lipinski definition) is 0. The van der Waals surface area contributed by atoms with Gasteiger partial charge in [0.05, 0.1) is 6.04 Å². The lowest BCUT2D eigenvalue weighted by molar-refractivity contribution is -0.162. The monoisotopic (exact) mass is 169 g/mol. The van der Waals surface area contributed by atoms with Gasteiger partial charge >= 0.3 is 5.97 Å². The molecule has 0 aromatic heterocycles. The molecular weight excluding hydrogens is 158 g/mol. The van der Waals surface area contributed by atoms with Crippen molar-refractivity contribution in [3.63, 3.8) is 0 Å². The molecule has 66 valence electrons. The van der Waals surface area contributed by atoms with Crippen LogP contribution < -0.4 is 0 Å². The maximum atomic E-state index is 11.3. The third-order valence-electron chi connectivity index (χ3n) is 3.00. The second kappa shape index (κ2) is 2.20. The number of esters is 1. The number of ether oxygens (including phenoxy) is 1. The Hall–Kier alpha value is -0.610. The predicted molar refractivity (Wildman–Crippen MR) is 39.1 cm³/mol. The Kier molecular flexibility index (Phi) is 1.26. The summed E-state index contributed by atoms with van der Waals surface area (Å²) < 4.78 is 4.94. The van der Waals surface area contributed by atoms with E-state index in [2.05, 4.69) is 0 Å². The van der Waals surface area contributed by atoms with E-state index < -0.39 is 0 Å². The number of fused-ring (bicyclic) bond motifs is 3. The number of cyclic esters (lactones) is 1. The lowest BCUT2D eigenvalue weighted by Gasteiger charge is -2.14. The normalized spacial score (nSPS) is 46.0. The molecule has 3 atom stereocenters. The van der Waals surface area contributed by atoms with E-state index in [9.17, 15) is 4.79 Å². The van der Waals surface area contributed by atoms with E-state index >= 15 is 0 Å². The van der Waals surface area contributed by atoms with Crippen molar-refractivity contribution in [3.05, 3.63) is 0 Å². The second-order valence-electron chi connectivity index (χ2n) is 3.65. The number of rotatable bonds is 0. The summed E-state index contributed by atoms with van der Waals surface area (Å²) in [6.07, 6.45) is 2.24. The molecule has 0 aromatic rings. The van der Waals surface area contributed by atoms with Gasteiger partial charge in [-0.25, -0.2) is 0 Å². The number of carbonyl (C=O) groups excluding carboxylic acids is 1. The van der Waals surface area contributed by atoms with Crippen molar-refractivity contribution >= 4 is 5.97 Å². The molecule has 0 aliphatic carbocycles. The van der Waals surface area contributed by atoms with Crippen LogP contribution in [0.2, 0.25) is 0 Å². The fourth-order valence-electron chi connectivity index (χ4n) is 2.45. The highest BCUT2D eigenvalue weighted by Gasteiger charge is 2.53. The molecule has 0 unspecified atom stereocenters. The Labute approximate surface area is 70.4 Å². The van der Waals surface area contributed by atoms with Crippen LogP contribution in [0, 0.1) is 5.92 Å². The average Bonchev–Trinajstić information content (AvgIpc) is 2.61. The smallest absolute Gasteiger partial charge is 0.313 e. The summed E-state index contributed by atoms with van der Waals surface area (Å²) in [6, 6.07) is 0.310. The van der Waals surface area contributed by atoms with Crippen molar-refractivity contribution in [1.82, 2.24) is 5.06 Å². The number of nitrogens with zero attached hydrogens (tertiary/aromatic N) is 1. The summed E-state index contributed by atoms with van der Waals surface area (Å²) in [5.41, 5.74) is 0. The van der Waals surface area contributed by atoms with E-state index in [-0.39, 0.29) is 18.0 Å². The van der Waals surface area contributed by atoms with Crippen LogP contribution in [0.15, 0.2) is 0 Å². The van der Waals surface area contributed by atoms with E-state index in [4.69, 9.17) is 9.57 Å². The molecule has 0 saturated carbocycles. The zero-order valence-electron chi connectivity index (χ0n) is 6.73. The highest BCUT2D eigenvalue weighted by Crippen LogP contribution is 2.38. The minimum absolute atomic E-state index is 0.00694. The number of hydrogen-bond acceptors (Lipinski definition) is 4. The summed E-state index contributed by atoms with van der Waals surface area (Å²) in [5.74, 6) is -0.0538. The summed E-state index contributed by atoms with van der Waals surface area (Å²) in [7, 11) is 0. The van der Waals surface area contributed by atoms with Crippen LogP contribution in [-0.4, -0.2) is 36.3 Å². The molecule has 0 spiro atoms. The molecule has 0 radical (unpaired) electrons. The van der Waals surface area contributed by atoms with Gasteiger partial charge in [0.15, 0.2) is 0 Å². The SMILES string of the molecule is O=C1OC[C@@H]2ON3CCC[C@@H]3[C@H]12. The highest BCUT2D eigenvalue weighted by molar-refractivity contribution is 5.76. The molecular formula is C8H11NO3. The fourth-order valence-corrected chi connectivity index (χ4v) is 2.45. The van der Waals surface area contributed by atoms with Gasteiger partial charge in [0, 0.05) is 6.54 Å².